The van der Waals surface area contributed by atoms with Crippen LogP contribution in [-0.4, -0.2) is 53.3 Å². The highest BCUT2D eigenvalue weighted by atomic mass is 16.5. The van der Waals surface area contributed by atoms with E-state index in [9.17, 15) is 24.0 Å². The van der Waals surface area contributed by atoms with Gasteiger partial charge in [-0.25, -0.2) is 4.79 Å². The van der Waals surface area contributed by atoms with Gasteiger partial charge >= 0.3 is 12.0 Å². The number of carbonyl (C=O) groups is 5. The number of nitrogens with zero attached hydrogens (tertiary/aromatic N) is 1. The highest BCUT2D eigenvalue weighted by Crippen LogP contribution is 2.16. The van der Waals surface area contributed by atoms with E-state index >= 15 is 0 Å². The summed E-state index contributed by atoms with van der Waals surface area (Å²) >= 11 is 0. The van der Waals surface area contributed by atoms with Crippen LogP contribution >= 0.6 is 0 Å². The molecule has 0 radical (unpaired) electrons. The topological polar surface area (TPSA) is 134 Å². The Bertz CT molecular complexity index is 762. The summed E-state index contributed by atoms with van der Waals surface area (Å²) in [4.78, 5) is 59.6. The number of ether oxygens (including phenoxy) is 1. The van der Waals surface area contributed by atoms with E-state index in [2.05, 4.69) is 16.2 Å². The standard InChI is InChI=1S/C17H20N4O6/c1-17(2)15(25)21(16(26)18-17)9-8-13(23)27-10-12(22)19-20-14(24)11-6-4-3-5-7-11/h3-7H,8-10H2,1-2H3,(H,18,26)(H,19,22)(H,20,24). The molecule has 0 atom stereocenters. The predicted molar refractivity (Wildman–Crippen MR) is 92.0 cm³/mol. The van der Waals surface area contributed by atoms with E-state index in [1.165, 1.54) is 0 Å². The Morgan fingerprint density at radius 2 is 1.78 bits per heavy atom. The van der Waals surface area contributed by atoms with Crippen molar-refractivity contribution in [3.05, 3.63) is 35.9 Å². The summed E-state index contributed by atoms with van der Waals surface area (Å²) in [5.74, 6) is -2.45. The van der Waals surface area contributed by atoms with E-state index < -0.39 is 41.9 Å². The SMILES string of the molecule is CC1(C)NC(=O)N(CCC(=O)OCC(=O)NNC(=O)c2ccccc2)C1=O. The summed E-state index contributed by atoms with van der Waals surface area (Å²) < 4.78 is 4.75. The lowest BCUT2D eigenvalue weighted by Gasteiger charge is -2.15. The van der Waals surface area contributed by atoms with Crippen LogP contribution in [0.2, 0.25) is 0 Å². The Morgan fingerprint density at radius 1 is 1.11 bits per heavy atom. The smallest absolute Gasteiger partial charge is 0.325 e. The zero-order chi connectivity index (χ0) is 20.0. The second-order valence-corrected chi connectivity index (χ2v) is 6.29. The maximum Gasteiger partial charge on any atom is 0.325 e. The molecule has 0 aromatic heterocycles. The first-order valence-corrected chi connectivity index (χ1v) is 8.14. The monoisotopic (exact) mass is 376 g/mol. The number of hydrogen-bond acceptors (Lipinski definition) is 6. The van der Waals surface area contributed by atoms with Crippen molar-refractivity contribution >= 4 is 29.7 Å². The van der Waals surface area contributed by atoms with Gasteiger partial charge in [0, 0.05) is 12.1 Å². The largest absolute Gasteiger partial charge is 0.455 e. The first-order valence-electron chi connectivity index (χ1n) is 8.14. The van der Waals surface area contributed by atoms with Gasteiger partial charge in [0.1, 0.15) is 5.54 Å². The lowest BCUT2D eigenvalue weighted by molar-refractivity contribution is -0.149. The van der Waals surface area contributed by atoms with Gasteiger partial charge in [-0.2, -0.15) is 0 Å². The number of rotatable bonds is 6. The van der Waals surface area contributed by atoms with Crippen LogP contribution in [-0.2, 0) is 19.1 Å². The third-order valence-electron chi connectivity index (χ3n) is 3.70. The molecule has 2 rings (SSSR count). The van der Waals surface area contributed by atoms with E-state index in [0.717, 1.165) is 4.90 Å². The average Bonchev–Trinajstić information content (AvgIpc) is 2.84. The van der Waals surface area contributed by atoms with Crippen LogP contribution in [0.3, 0.4) is 0 Å². The molecule has 0 saturated carbocycles. The quantitative estimate of drug-likeness (QED) is 0.355. The number of imide groups is 1. The zero-order valence-electron chi connectivity index (χ0n) is 14.9. The van der Waals surface area contributed by atoms with Crippen LogP contribution in [0, 0.1) is 0 Å². The summed E-state index contributed by atoms with van der Waals surface area (Å²) in [5.41, 5.74) is 3.64. The Balaban J connectivity index is 1.68. The van der Waals surface area contributed by atoms with Gasteiger partial charge < -0.3 is 10.1 Å². The number of esters is 1. The molecule has 1 aliphatic rings. The van der Waals surface area contributed by atoms with Gasteiger partial charge in [0.15, 0.2) is 6.61 Å². The minimum Gasteiger partial charge on any atom is -0.455 e. The molecule has 1 aliphatic heterocycles. The van der Waals surface area contributed by atoms with Crippen LogP contribution in [0.5, 0.6) is 0 Å². The summed E-state index contributed by atoms with van der Waals surface area (Å²) in [6, 6.07) is 7.64. The van der Waals surface area contributed by atoms with E-state index in [4.69, 9.17) is 4.74 Å². The molecular formula is C17H20N4O6. The van der Waals surface area contributed by atoms with Gasteiger partial charge in [0.2, 0.25) is 0 Å². The van der Waals surface area contributed by atoms with E-state index in [0.29, 0.717) is 5.56 Å². The number of amides is 5. The molecule has 144 valence electrons. The Hall–Kier alpha value is -3.43. The molecule has 0 bridgehead atoms. The van der Waals surface area contributed by atoms with Crippen molar-refractivity contribution in [2.24, 2.45) is 0 Å². The van der Waals surface area contributed by atoms with Crippen molar-refractivity contribution in [1.29, 1.82) is 0 Å². The van der Waals surface area contributed by atoms with Gasteiger partial charge in [-0.05, 0) is 26.0 Å². The van der Waals surface area contributed by atoms with Gasteiger partial charge in [-0.1, -0.05) is 18.2 Å². The summed E-state index contributed by atoms with van der Waals surface area (Å²) in [7, 11) is 0. The van der Waals surface area contributed by atoms with Crippen LogP contribution in [0.15, 0.2) is 30.3 Å². The number of benzene rings is 1. The first-order chi connectivity index (χ1) is 12.7. The minimum absolute atomic E-state index is 0.153. The van der Waals surface area contributed by atoms with Gasteiger partial charge in [0.05, 0.1) is 6.42 Å². The summed E-state index contributed by atoms with van der Waals surface area (Å²) in [5, 5.41) is 2.49. The molecule has 1 fully saturated rings. The van der Waals surface area contributed by atoms with Gasteiger partial charge in [0.25, 0.3) is 17.7 Å². The van der Waals surface area contributed by atoms with Crippen LogP contribution in [0.4, 0.5) is 4.79 Å². The number of hydrazine groups is 1. The molecule has 5 amide bonds. The maximum atomic E-state index is 12.0. The Labute approximate surface area is 155 Å². The van der Waals surface area contributed by atoms with Crippen LogP contribution in [0.1, 0.15) is 30.6 Å². The van der Waals surface area contributed by atoms with E-state index in [-0.39, 0.29) is 13.0 Å². The normalized spacial score (nSPS) is 15.1. The second-order valence-electron chi connectivity index (χ2n) is 6.29. The third kappa shape index (κ3) is 5.27. The fraction of sp³-hybridized carbons (Fsp3) is 0.353. The Morgan fingerprint density at radius 3 is 2.37 bits per heavy atom. The van der Waals surface area contributed by atoms with Crippen LogP contribution in [0.25, 0.3) is 0 Å². The molecule has 0 unspecified atom stereocenters. The first kappa shape index (κ1) is 19.9. The molecule has 1 heterocycles. The van der Waals surface area contributed by atoms with Gasteiger partial charge in [-0.3, -0.25) is 34.9 Å². The lowest BCUT2D eigenvalue weighted by atomic mass is 10.1. The van der Waals surface area contributed by atoms with E-state index in [1.54, 1.807) is 44.2 Å². The number of urea groups is 1. The van der Waals surface area contributed by atoms with Crippen molar-refractivity contribution in [1.82, 2.24) is 21.1 Å². The molecule has 10 nitrogen and oxygen atoms in total. The molecule has 10 heteroatoms. The lowest BCUT2D eigenvalue weighted by Crippen LogP contribution is -2.43. The average molecular weight is 376 g/mol. The molecule has 3 N–H and O–H groups in total. The Kier molecular flexibility index (Phi) is 6.11. The summed E-state index contributed by atoms with van der Waals surface area (Å²) in [6.07, 6.45) is -0.251. The minimum atomic E-state index is -1.02. The highest BCUT2D eigenvalue weighted by Gasteiger charge is 2.44. The fourth-order valence-electron chi connectivity index (χ4n) is 2.27. The zero-order valence-corrected chi connectivity index (χ0v) is 14.9. The molecule has 0 aliphatic carbocycles. The van der Waals surface area contributed by atoms with Crippen molar-refractivity contribution in [3.63, 3.8) is 0 Å². The molecule has 1 aromatic carbocycles. The van der Waals surface area contributed by atoms with E-state index in [1.807, 2.05) is 0 Å². The van der Waals surface area contributed by atoms with Crippen molar-refractivity contribution in [2.75, 3.05) is 13.2 Å². The predicted octanol–water partition coefficient (Wildman–Crippen LogP) is -0.289. The van der Waals surface area contributed by atoms with Crippen molar-refractivity contribution in [3.8, 4) is 0 Å². The van der Waals surface area contributed by atoms with Crippen molar-refractivity contribution in [2.45, 2.75) is 25.8 Å². The molecule has 1 aromatic rings. The molecule has 1 saturated heterocycles. The number of nitrogens with one attached hydrogen (secondary N) is 3. The number of hydrogen-bond donors (Lipinski definition) is 3. The molecule has 0 spiro atoms. The highest BCUT2D eigenvalue weighted by molar-refractivity contribution is 6.06. The maximum absolute atomic E-state index is 12.0. The second kappa shape index (κ2) is 8.30. The fourth-order valence-corrected chi connectivity index (χ4v) is 2.27. The van der Waals surface area contributed by atoms with Gasteiger partial charge in [-0.15, -0.1) is 0 Å². The molecule has 27 heavy (non-hydrogen) atoms. The van der Waals surface area contributed by atoms with Crippen molar-refractivity contribution < 1.29 is 28.7 Å². The summed E-state index contributed by atoms with van der Waals surface area (Å²) in [6.45, 7) is 2.35. The third-order valence-corrected chi connectivity index (χ3v) is 3.70. The number of carbonyl (C=O) groups excluding carboxylic acids is 5. The molecular weight excluding hydrogens is 356 g/mol. The van der Waals surface area contributed by atoms with Crippen LogP contribution < -0.4 is 16.2 Å².